The van der Waals surface area contributed by atoms with E-state index in [4.69, 9.17) is 4.74 Å². The molecule has 3 aromatic carbocycles. The minimum Gasteiger partial charge on any atom is -0.457 e. The lowest BCUT2D eigenvalue weighted by atomic mass is 10.2. The van der Waals surface area contributed by atoms with Crippen molar-refractivity contribution < 1.29 is 13.5 Å². The minimum absolute atomic E-state index is 0.101. The highest BCUT2D eigenvalue weighted by Crippen LogP contribution is 2.21. The van der Waals surface area contributed by atoms with Gasteiger partial charge in [-0.1, -0.05) is 30.3 Å². The van der Waals surface area contributed by atoms with Crippen molar-refractivity contribution >= 4 is 11.9 Å². The van der Waals surface area contributed by atoms with Crippen LogP contribution in [0.25, 0.3) is 0 Å². The van der Waals surface area contributed by atoms with E-state index in [1.54, 1.807) is 6.07 Å². The molecule has 0 saturated carbocycles. The number of halogens is 2. The minimum atomic E-state index is -0.701. The number of ether oxygens (including phenoxy) is 1. The second-order valence-electron chi connectivity index (χ2n) is 4.98. The molecule has 3 aromatic rings. The number of anilines is 1. The number of hydrazone groups is 1. The van der Waals surface area contributed by atoms with E-state index in [1.165, 1.54) is 12.3 Å². The summed E-state index contributed by atoms with van der Waals surface area (Å²) < 4.78 is 32.1. The van der Waals surface area contributed by atoms with Crippen molar-refractivity contribution in [1.82, 2.24) is 0 Å². The maximum Gasteiger partial charge on any atom is 0.151 e. The number of nitrogens with zero attached hydrogens (tertiary/aromatic N) is 1. The molecule has 24 heavy (non-hydrogen) atoms. The first-order valence-electron chi connectivity index (χ1n) is 7.28. The van der Waals surface area contributed by atoms with E-state index in [0.29, 0.717) is 5.75 Å². The number of hydrogen-bond acceptors (Lipinski definition) is 3. The third-order valence-corrected chi connectivity index (χ3v) is 3.17. The number of benzene rings is 3. The Bertz CT molecular complexity index is 851. The number of rotatable bonds is 5. The molecule has 0 spiro atoms. The number of para-hydroxylation sites is 1. The summed E-state index contributed by atoms with van der Waals surface area (Å²) in [5.41, 5.74) is 3.42. The number of hydrogen-bond donors (Lipinski definition) is 1. The van der Waals surface area contributed by atoms with Gasteiger partial charge in [0.2, 0.25) is 0 Å². The first-order valence-corrected chi connectivity index (χ1v) is 7.28. The predicted molar refractivity (Wildman–Crippen MR) is 90.5 cm³/mol. The lowest BCUT2D eigenvalue weighted by Crippen LogP contribution is -1.94. The van der Waals surface area contributed by atoms with Gasteiger partial charge in [-0.05, 0) is 42.0 Å². The van der Waals surface area contributed by atoms with Crippen LogP contribution in [0.2, 0.25) is 0 Å². The summed E-state index contributed by atoms with van der Waals surface area (Å²) in [6.45, 7) is 0. The first-order chi connectivity index (χ1) is 11.7. The molecule has 120 valence electrons. The molecule has 0 atom stereocenters. The standard InChI is InChI=1S/C19H14F2N2O/c20-15-9-10-19(18(21)12-15)23-22-13-14-5-4-8-17(11-14)24-16-6-2-1-3-7-16/h1-13,23H. The lowest BCUT2D eigenvalue weighted by molar-refractivity contribution is 0.482. The molecule has 0 unspecified atom stereocenters. The molecule has 0 aliphatic rings. The predicted octanol–water partition coefficient (Wildman–Crippen LogP) is 5.20. The van der Waals surface area contributed by atoms with Crippen LogP contribution in [0.4, 0.5) is 14.5 Å². The van der Waals surface area contributed by atoms with Gasteiger partial charge < -0.3 is 4.74 Å². The molecule has 0 saturated heterocycles. The summed E-state index contributed by atoms with van der Waals surface area (Å²) >= 11 is 0. The molecule has 5 heteroatoms. The van der Waals surface area contributed by atoms with Crippen molar-refractivity contribution in [1.29, 1.82) is 0 Å². The van der Waals surface area contributed by atoms with Crippen LogP contribution in [0.5, 0.6) is 11.5 Å². The van der Waals surface area contributed by atoms with E-state index in [9.17, 15) is 8.78 Å². The SMILES string of the molecule is Fc1ccc(NN=Cc2cccc(Oc3ccccc3)c2)c(F)c1. The van der Waals surface area contributed by atoms with Gasteiger partial charge in [0.05, 0.1) is 11.9 Å². The molecule has 1 N–H and O–H groups in total. The van der Waals surface area contributed by atoms with Gasteiger partial charge in [0, 0.05) is 6.07 Å². The second-order valence-corrected chi connectivity index (χ2v) is 4.98. The van der Waals surface area contributed by atoms with E-state index < -0.39 is 11.6 Å². The molecule has 0 bridgehead atoms. The van der Waals surface area contributed by atoms with Gasteiger partial charge in [-0.2, -0.15) is 5.10 Å². The Morgan fingerprint density at radius 1 is 0.833 bits per heavy atom. The van der Waals surface area contributed by atoms with Gasteiger partial charge >= 0.3 is 0 Å². The Kier molecular flexibility index (Phi) is 4.81. The Balaban J connectivity index is 1.68. The van der Waals surface area contributed by atoms with Crippen LogP contribution in [-0.4, -0.2) is 6.21 Å². The van der Waals surface area contributed by atoms with E-state index >= 15 is 0 Å². The van der Waals surface area contributed by atoms with Crippen LogP contribution in [0, 0.1) is 11.6 Å². The maximum atomic E-state index is 13.5. The molecule has 0 amide bonds. The maximum absolute atomic E-state index is 13.5. The average Bonchev–Trinajstić information content (AvgIpc) is 2.58. The van der Waals surface area contributed by atoms with E-state index in [-0.39, 0.29) is 5.69 Å². The van der Waals surface area contributed by atoms with Gasteiger partial charge in [0.1, 0.15) is 17.3 Å². The van der Waals surface area contributed by atoms with E-state index in [2.05, 4.69) is 10.5 Å². The molecular formula is C19H14F2N2O. The van der Waals surface area contributed by atoms with E-state index in [0.717, 1.165) is 23.4 Å². The topological polar surface area (TPSA) is 33.6 Å². The highest BCUT2D eigenvalue weighted by Gasteiger charge is 2.02. The Hall–Kier alpha value is -3.21. The second kappa shape index (κ2) is 7.37. The smallest absolute Gasteiger partial charge is 0.151 e. The molecular weight excluding hydrogens is 310 g/mol. The summed E-state index contributed by atoms with van der Waals surface area (Å²) in [5, 5.41) is 3.96. The fourth-order valence-corrected chi connectivity index (χ4v) is 2.04. The molecule has 0 aliphatic heterocycles. The summed E-state index contributed by atoms with van der Waals surface area (Å²) in [5.74, 6) is 0.0670. The quantitative estimate of drug-likeness (QED) is 0.517. The van der Waals surface area contributed by atoms with Gasteiger partial charge in [-0.25, -0.2) is 8.78 Å². The molecule has 3 rings (SSSR count). The van der Waals surface area contributed by atoms with Gasteiger partial charge in [0.25, 0.3) is 0 Å². The van der Waals surface area contributed by atoms with Crippen LogP contribution in [0.3, 0.4) is 0 Å². The molecule has 0 aliphatic carbocycles. The van der Waals surface area contributed by atoms with Crippen molar-refractivity contribution in [3.63, 3.8) is 0 Å². The third-order valence-electron chi connectivity index (χ3n) is 3.17. The van der Waals surface area contributed by atoms with Crippen molar-refractivity contribution in [2.75, 3.05) is 5.43 Å². The molecule has 0 heterocycles. The normalized spacial score (nSPS) is 10.8. The molecule has 0 radical (unpaired) electrons. The number of nitrogens with one attached hydrogen (secondary N) is 1. The first kappa shape index (κ1) is 15.7. The Morgan fingerprint density at radius 3 is 2.42 bits per heavy atom. The molecule has 0 fully saturated rings. The summed E-state index contributed by atoms with van der Waals surface area (Å²) in [4.78, 5) is 0. The van der Waals surface area contributed by atoms with E-state index in [1.807, 2.05) is 48.5 Å². The largest absolute Gasteiger partial charge is 0.457 e. The van der Waals surface area contributed by atoms with Gasteiger partial charge in [0.15, 0.2) is 5.82 Å². The van der Waals surface area contributed by atoms with Crippen LogP contribution in [-0.2, 0) is 0 Å². The average molecular weight is 324 g/mol. The zero-order chi connectivity index (χ0) is 16.8. The van der Waals surface area contributed by atoms with Crippen molar-refractivity contribution in [2.24, 2.45) is 5.10 Å². The van der Waals surface area contributed by atoms with Crippen molar-refractivity contribution in [2.45, 2.75) is 0 Å². The van der Waals surface area contributed by atoms with Gasteiger partial charge in [-0.15, -0.1) is 0 Å². The molecule has 3 nitrogen and oxygen atoms in total. The van der Waals surface area contributed by atoms with Crippen LogP contribution >= 0.6 is 0 Å². The monoisotopic (exact) mass is 324 g/mol. The Morgan fingerprint density at radius 2 is 1.62 bits per heavy atom. The molecule has 0 aromatic heterocycles. The van der Waals surface area contributed by atoms with Crippen molar-refractivity contribution in [3.8, 4) is 11.5 Å². The van der Waals surface area contributed by atoms with Crippen LogP contribution < -0.4 is 10.2 Å². The van der Waals surface area contributed by atoms with Crippen LogP contribution in [0.1, 0.15) is 5.56 Å². The summed E-state index contributed by atoms with van der Waals surface area (Å²) in [6.07, 6.45) is 1.53. The Labute approximate surface area is 138 Å². The third kappa shape index (κ3) is 4.16. The van der Waals surface area contributed by atoms with Crippen LogP contribution in [0.15, 0.2) is 77.9 Å². The van der Waals surface area contributed by atoms with Crippen molar-refractivity contribution in [3.05, 3.63) is 90.0 Å². The fraction of sp³-hybridized carbons (Fsp3) is 0. The summed E-state index contributed by atoms with van der Waals surface area (Å²) in [7, 11) is 0. The lowest BCUT2D eigenvalue weighted by Gasteiger charge is -2.06. The van der Waals surface area contributed by atoms with Gasteiger partial charge in [-0.3, -0.25) is 5.43 Å². The zero-order valence-corrected chi connectivity index (χ0v) is 12.6. The highest BCUT2D eigenvalue weighted by molar-refractivity contribution is 5.80. The highest BCUT2D eigenvalue weighted by atomic mass is 19.1. The fourth-order valence-electron chi connectivity index (χ4n) is 2.04. The zero-order valence-electron chi connectivity index (χ0n) is 12.6. The summed E-state index contributed by atoms with van der Waals surface area (Å²) in [6, 6.07) is 20.0.